The number of fused-ring (bicyclic) bond motifs is 2. The largest absolute Gasteiger partial charge is 0.338 e. The van der Waals surface area contributed by atoms with Crippen molar-refractivity contribution >= 4 is 16.8 Å². The van der Waals surface area contributed by atoms with E-state index in [0.717, 1.165) is 41.4 Å². The summed E-state index contributed by atoms with van der Waals surface area (Å²) in [6.07, 6.45) is 8.36. The summed E-state index contributed by atoms with van der Waals surface area (Å²) in [5.74, 6) is 1.76. The highest BCUT2D eigenvalue weighted by Crippen LogP contribution is 2.36. The first-order valence-corrected chi connectivity index (χ1v) is 8.04. The fraction of sp³-hybridized carbons (Fsp3) is 0.529. The SMILES string of the molecule is O=C(c1ccc2cn[nH]c2c1)N1CCC2CCCCC2C1. The van der Waals surface area contributed by atoms with E-state index in [2.05, 4.69) is 15.1 Å². The van der Waals surface area contributed by atoms with Crippen LogP contribution < -0.4 is 0 Å². The Kier molecular flexibility index (Phi) is 3.17. The molecule has 2 aromatic rings. The summed E-state index contributed by atoms with van der Waals surface area (Å²) in [6.45, 7) is 1.87. The second-order valence-corrected chi connectivity index (χ2v) is 6.52. The maximum Gasteiger partial charge on any atom is 0.253 e. The lowest BCUT2D eigenvalue weighted by atomic mass is 9.75. The lowest BCUT2D eigenvalue weighted by molar-refractivity contribution is 0.0521. The smallest absolute Gasteiger partial charge is 0.253 e. The van der Waals surface area contributed by atoms with Gasteiger partial charge in [0.05, 0.1) is 11.7 Å². The number of carbonyl (C=O) groups is 1. The molecular weight excluding hydrogens is 262 g/mol. The number of nitrogens with zero attached hydrogens (tertiary/aromatic N) is 2. The van der Waals surface area contributed by atoms with Crippen molar-refractivity contribution in [3.05, 3.63) is 30.0 Å². The number of hydrogen-bond acceptors (Lipinski definition) is 2. The van der Waals surface area contributed by atoms with Crippen LogP contribution in [0.15, 0.2) is 24.4 Å². The number of aromatic amines is 1. The third-order valence-corrected chi connectivity index (χ3v) is 5.27. The van der Waals surface area contributed by atoms with Gasteiger partial charge in [-0.1, -0.05) is 25.3 Å². The van der Waals surface area contributed by atoms with Crippen LogP contribution in [0.25, 0.3) is 10.9 Å². The summed E-state index contributed by atoms with van der Waals surface area (Å²) < 4.78 is 0. The third kappa shape index (κ3) is 2.33. The van der Waals surface area contributed by atoms with Crippen LogP contribution in [0.3, 0.4) is 0 Å². The van der Waals surface area contributed by atoms with Gasteiger partial charge in [-0.3, -0.25) is 9.89 Å². The normalized spacial score (nSPS) is 25.8. The molecule has 1 saturated carbocycles. The standard InChI is InChI=1S/C17H21N3O/c21-17(13-5-6-14-10-18-19-16(14)9-13)20-8-7-12-3-1-2-4-15(12)11-20/h5-6,9-10,12,15H,1-4,7-8,11H2,(H,18,19). The maximum atomic E-state index is 12.7. The molecule has 1 aliphatic carbocycles. The number of rotatable bonds is 1. The van der Waals surface area contributed by atoms with E-state index < -0.39 is 0 Å². The number of benzene rings is 1. The van der Waals surface area contributed by atoms with Crippen LogP contribution in [0.2, 0.25) is 0 Å². The second-order valence-electron chi connectivity index (χ2n) is 6.52. The number of aromatic nitrogens is 2. The van der Waals surface area contributed by atoms with Crippen molar-refractivity contribution in [2.75, 3.05) is 13.1 Å². The Morgan fingerprint density at radius 3 is 2.95 bits per heavy atom. The van der Waals surface area contributed by atoms with Crippen LogP contribution >= 0.6 is 0 Å². The number of H-pyrrole nitrogens is 1. The molecule has 1 aromatic carbocycles. The summed E-state index contributed by atoms with van der Waals surface area (Å²) in [6, 6.07) is 5.82. The molecule has 1 amide bonds. The minimum absolute atomic E-state index is 0.176. The maximum absolute atomic E-state index is 12.7. The van der Waals surface area contributed by atoms with Gasteiger partial charge < -0.3 is 4.90 Å². The Morgan fingerprint density at radius 1 is 1.19 bits per heavy atom. The van der Waals surface area contributed by atoms with E-state index in [1.165, 1.54) is 32.1 Å². The quantitative estimate of drug-likeness (QED) is 0.873. The van der Waals surface area contributed by atoms with Crippen molar-refractivity contribution in [2.45, 2.75) is 32.1 Å². The molecule has 21 heavy (non-hydrogen) atoms. The lowest BCUT2D eigenvalue weighted by Gasteiger charge is -2.41. The predicted octanol–water partition coefficient (Wildman–Crippen LogP) is 3.22. The molecule has 4 heteroatoms. The van der Waals surface area contributed by atoms with Crippen LogP contribution in [0.1, 0.15) is 42.5 Å². The van der Waals surface area contributed by atoms with Crippen molar-refractivity contribution in [3.8, 4) is 0 Å². The topological polar surface area (TPSA) is 49.0 Å². The zero-order valence-corrected chi connectivity index (χ0v) is 12.2. The van der Waals surface area contributed by atoms with Gasteiger partial charge in [-0.2, -0.15) is 5.10 Å². The highest BCUT2D eigenvalue weighted by atomic mass is 16.2. The zero-order valence-electron chi connectivity index (χ0n) is 12.2. The third-order valence-electron chi connectivity index (χ3n) is 5.27. The first-order chi connectivity index (χ1) is 10.3. The molecule has 2 aliphatic rings. The summed E-state index contributed by atoms with van der Waals surface area (Å²) in [5.41, 5.74) is 1.72. The van der Waals surface area contributed by atoms with Gasteiger partial charge in [-0.15, -0.1) is 0 Å². The molecular formula is C17H21N3O. The number of nitrogens with one attached hydrogen (secondary N) is 1. The highest BCUT2D eigenvalue weighted by Gasteiger charge is 2.33. The Balaban J connectivity index is 1.53. The molecule has 2 unspecified atom stereocenters. The summed E-state index contributed by atoms with van der Waals surface area (Å²) >= 11 is 0. The molecule has 1 N–H and O–H groups in total. The molecule has 1 aromatic heterocycles. The minimum Gasteiger partial charge on any atom is -0.338 e. The number of likely N-dealkylation sites (tertiary alicyclic amines) is 1. The molecule has 1 saturated heterocycles. The Hall–Kier alpha value is -1.84. The van der Waals surface area contributed by atoms with Gasteiger partial charge in [0.1, 0.15) is 0 Å². The van der Waals surface area contributed by atoms with E-state index in [4.69, 9.17) is 0 Å². The van der Waals surface area contributed by atoms with Gasteiger partial charge in [0.2, 0.25) is 0 Å². The summed E-state index contributed by atoms with van der Waals surface area (Å²) in [7, 11) is 0. The lowest BCUT2D eigenvalue weighted by Crippen LogP contribution is -2.44. The van der Waals surface area contributed by atoms with Gasteiger partial charge in [0.15, 0.2) is 0 Å². The Bertz CT molecular complexity index is 663. The van der Waals surface area contributed by atoms with E-state index >= 15 is 0 Å². The second kappa shape index (κ2) is 5.17. The molecule has 4 rings (SSSR count). The van der Waals surface area contributed by atoms with Gasteiger partial charge in [-0.25, -0.2) is 0 Å². The van der Waals surface area contributed by atoms with Crippen molar-refractivity contribution in [2.24, 2.45) is 11.8 Å². The fourth-order valence-corrected chi connectivity index (χ4v) is 4.04. The molecule has 2 atom stereocenters. The summed E-state index contributed by atoms with van der Waals surface area (Å²) in [5, 5.41) is 8.01. The Labute approximate surface area is 124 Å². The number of amides is 1. The van der Waals surface area contributed by atoms with Gasteiger partial charge in [0, 0.05) is 24.0 Å². The molecule has 2 heterocycles. The van der Waals surface area contributed by atoms with Gasteiger partial charge in [-0.05, 0) is 36.8 Å². The highest BCUT2D eigenvalue weighted by molar-refractivity contribution is 5.97. The Morgan fingerprint density at radius 2 is 2.05 bits per heavy atom. The van der Waals surface area contributed by atoms with Crippen molar-refractivity contribution in [3.63, 3.8) is 0 Å². The monoisotopic (exact) mass is 283 g/mol. The van der Waals surface area contributed by atoms with Gasteiger partial charge in [0.25, 0.3) is 5.91 Å². The predicted molar refractivity (Wildman–Crippen MR) is 82.1 cm³/mol. The van der Waals surface area contributed by atoms with Crippen molar-refractivity contribution in [1.29, 1.82) is 0 Å². The van der Waals surface area contributed by atoms with Crippen molar-refractivity contribution < 1.29 is 4.79 Å². The van der Waals surface area contributed by atoms with Crippen LogP contribution in [0.5, 0.6) is 0 Å². The zero-order chi connectivity index (χ0) is 14.2. The van der Waals surface area contributed by atoms with Crippen LogP contribution in [-0.4, -0.2) is 34.1 Å². The minimum atomic E-state index is 0.176. The molecule has 0 radical (unpaired) electrons. The molecule has 0 spiro atoms. The molecule has 1 aliphatic heterocycles. The van der Waals surface area contributed by atoms with Crippen LogP contribution in [-0.2, 0) is 0 Å². The molecule has 4 nitrogen and oxygen atoms in total. The molecule has 0 bridgehead atoms. The summed E-state index contributed by atoms with van der Waals surface area (Å²) in [4.78, 5) is 14.8. The van der Waals surface area contributed by atoms with E-state index in [-0.39, 0.29) is 5.91 Å². The van der Waals surface area contributed by atoms with Crippen LogP contribution in [0.4, 0.5) is 0 Å². The first-order valence-electron chi connectivity index (χ1n) is 8.04. The van der Waals surface area contributed by atoms with Gasteiger partial charge >= 0.3 is 0 Å². The first kappa shape index (κ1) is 12.9. The van der Waals surface area contributed by atoms with E-state index in [0.29, 0.717) is 0 Å². The van der Waals surface area contributed by atoms with Crippen molar-refractivity contribution in [1.82, 2.24) is 15.1 Å². The number of carbonyl (C=O) groups excluding carboxylic acids is 1. The average Bonchev–Trinajstić information content (AvgIpc) is 3.01. The van der Waals surface area contributed by atoms with Crippen LogP contribution in [0, 0.1) is 11.8 Å². The van der Waals surface area contributed by atoms with E-state index in [1.807, 2.05) is 18.2 Å². The van der Waals surface area contributed by atoms with E-state index in [1.54, 1.807) is 6.20 Å². The average molecular weight is 283 g/mol. The molecule has 2 fully saturated rings. The fourth-order valence-electron chi connectivity index (χ4n) is 4.04. The molecule has 110 valence electrons. The van der Waals surface area contributed by atoms with E-state index in [9.17, 15) is 4.79 Å². The number of piperidine rings is 1. The number of hydrogen-bond donors (Lipinski definition) is 1.